The van der Waals surface area contributed by atoms with Crippen molar-refractivity contribution in [2.45, 2.75) is 30.4 Å². The highest BCUT2D eigenvalue weighted by Crippen LogP contribution is 2.24. The Labute approximate surface area is 180 Å². The molecule has 1 aliphatic carbocycles. The van der Waals surface area contributed by atoms with Crippen LogP contribution < -0.4 is 14.8 Å². The Balaban J connectivity index is 1.42. The van der Waals surface area contributed by atoms with E-state index in [-0.39, 0.29) is 23.4 Å². The second-order valence-electron chi connectivity index (χ2n) is 7.32. The Bertz CT molecular complexity index is 1190. The maximum Gasteiger partial charge on any atom is 0.255 e. The first-order chi connectivity index (χ1) is 14.9. The fraction of sp³-hybridized carbons (Fsp3) is 0.174. The summed E-state index contributed by atoms with van der Waals surface area (Å²) in [6.45, 7) is 0.235. The van der Waals surface area contributed by atoms with Crippen LogP contribution in [0.5, 0.6) is 5.75 Å². The van der Waals surface area contributed by atoms with Gasteiger partial charge in [-0.15, -0.1) is 0 Å². The van der Waals surface area contributed by atoms with Crippen LogP contribution >= 0.6 is 0 Å². The molecule has 160 valence electrons. The van der Waals surface area contributed by atoms with Gasteiger partial charge >= 0.3 is 0 Å². The summed E-state index contributed by atoms with van der Waals surface area (Å²) in [4.78, 5) is 12.8. The minimum Gasteiger partial charge on any atom is -0.489 e. The van der Waals surface area contributed by atoms with Gasteiger partial charge in [0.25, 0.3) is 5.91 Å². The van der Waals surface area contributed by atoms with E-state index < -0.39 is 15.9 Å². The first kappa shape index (κ1) is 21.0. The number of sulfonamides is 1. The van der Waals surface area contributed by atoms with Crippen molar-refractivity contribution in [1.82, 2.24) is 4.72 Å². The first-order valence-corrected chi connectivity index (χ1v) is 11.3. The van der Waals surface area contributed by atoms with Crippen molar-refractivity contribution in [1.29, 1.82) is 0 Å². The zero-order valence-corrected chi connectivity index (χ0v) is 17.4. The number of benzene rings is 3. The third-order valence-corrected chi connectivity index (χ3v) is 6.23. The zero-order chi connectivity index (χ0) is 21.8. The molecular weight excluding hydrogens is 419 g/mol. The van der Waals surface area contributed by atoms with E-state index in [2.05, 4.69) is 10.0 Å². The summed E-state index contributed by atoms with van der Waals surface area (Å²) in [6.07, 6.45) is 1.68. The third kappa shape index (κ3) is 5.68. The van der Waals surface area contributed by atoms with Gasteiger partial charge in [-0.1, -0.05) is 24.3 Å². The van der Waals surface area contributed by atoms with Gasteiger partial charge in [0.15, 0.2) is 0 Å². The lowest BCUT2D eigenvalue weighted by Crippen LogP contribution is -2.25. The number of nitrogens with one attached hydrogen (secondary N) is 2. The van der Waals surface area contributed by atoms with Gasteiger partial charge in [-0.2, -0.15) is 0 Å². The number of hydrogen-bond acceptors (Lipinski definition) is 4. The summed E-state index contributed by atoms with van der Waals surface area (Å²) in [7, 11) is -3.61. The van der Waals surface area contributed by atoms with Crippen molar-refractivity contribution >= 4 is 21.6 Å². The van der Waals surface area contributed by atoms with Crippen molar-refractivity contribution < 1.29 is 22.3 Å². The summed E-state index contributed by atoms with van der Waals surface area (Å²) in [5.41, 5.74) is 1.54. The van der Waals surface area contributed by atoms with E-state index in [0.717, 1.165) is 18.4 Å². The minimum absolute atomic E-state index is 0.000830. The average Bonchev–Trinajstić information content (AvgIpc) is 3.57. The van der Waals surface area contributed by atoms with E-state index in [9.17, 15) is 17.6 Å². The van der Waals surface area contributed by atoms with Gasteiger partial charge in [0, 0.05) is 17.3 Å². The molecule has 0 saturated heterocycles. The Hall–Kier alpha value is -3.23. The molecule has 0 bridgehead atoms. The maximum absolute atomic E-state index is 13.0. The molecule has 1 amide bonds. The van der Waals surface area contributed by atoms with Gasteiger partial charge in [-0.3, -0.25) is 4.79 Å². The maximum atomic E-state index is 13.0. The van der Waals surface area contributed by atoms with Crippen LogP contribution in [0.2, 0.25) is 0 Å². The number of hydrogen-bond donors (Lipinski definition) is 2. The topological polar surface area (TPSA) is 84.5 Å². The van der Waals surface area contributed by atoms with E-state index in [1.165, 1.54) is 24.3 Å². The molecule has 0 spiro atoms. The Morgan fingerprint density at radius 3 is 2.48 bits per heavy atom. The van der Waals surface area contributed by atoms with E-state index in [0.29, 0.717) is 17.0 Å². The van der Waals surface area contributed by atoms with Crippen LogP contribution in [0.4, 0.5) is 10.1 Å². The number of rotatable bonds is 8. The van der Waals surface area contributed by atoms with Crippen LogP contribution in [-0.2, 0) is 16.6 Å². The monoisotopic (exact) mass is 440 g/mol. The molecule has 0 unspecified atom stereocenters. The normalized spacial score (nSPS) is 13.6. The molecule has 3 aromatic rings. The number of carbonyl (C=O) groups excluding carboxylic acids is 1. The summed E-state index contributed by atoms with van der Waals surface area (Å²) in [5.74, 6) is -0.221. The summed E-state index contributed by atoms with van der Waals surface area (Å²) < 4.78 is 46.1. The van der Waals surface area contributed by atoms with Crippen LogP contribution in [0.25, 0.3) is 0 Å². The van der Waals surface area contributed by atoms with Crippen molar-refractivity contribution in [2.75, 3.05) is 5.32 Å². The lowest BCUT2D eigenvalue weighted by Gasteiger charge is -2.10. The molecule has 0 heterocycles. The van der Waals surface area contributed by atoms with Crippen molar-refractivity contribution in [3.05, 3.63) is 89.7 Å². The summed E-state index contributed by atoms with van der Waals surface area (Å²) in [5, 5.41) is 2.72. The predicted molar refractivity (Wildman–Crippen MR) is 115 cm³/mol. The van der Waals surface area contributed by atoms with Gasteiger partial charge in [-0.05, 0) is 66.9 Å². The van der Waals surface area contributed by atoms with Crippen molar-refractivity contribution in [3.63, 3.8) is 0 Å². The standard InChI is InChI=1S/C23H21FN2O4S/c24-18-9-7-16(8-10-18)15-30-21-5-1-3-17(13-21)23(27)25-20-4-2-6-22(14-20)31(28,29)26-19-11-12-19/h1-10,13-14,19,26H,11-12,15H2,(H,25,27). The molecular formula is C23H21FN2O4S. The molecule has 0 aromatic heterocycles. The molecule has 31 heavy (non-hydrogen) atoms. The van der Waals surface area contributed by atoms with Gasteiger partial charge in [-0.25, -0.2) is 17.5 Å². The fourth-order valence-corrected chi connectivity index (χ4v) is 4.26. The van der Waals surface area contributed by atoms with Gasteiger partial charge < -0.3 is 10.1 Å². The quantitative estimate of drug-likeness (QED) is 0.552. The van der Waals surface area contributed by atoms with E-state index in [1.54, 1.807) is 48.5 Å². The van der Waals surface area contributed by atoms with Crippen molar-refractivity contribution in [3.8, 4) is 5.75 Å². The van der Waals surface area contributed by atoms with Crippen LogP contribution in [0.15, 0.2) is 77.7 Å². The Morgan fingerprint density at radius 2 is 1.74 bits per heavy atom. The van der Waals surface area contributed by atoms with E-state index in [4.69, 9.17) is 4.74 Å². The largest absolute Gasteiger partial charge is 0.489 e. The highest BCUT2D eigenvalue weighted by atomic mass is 32.2. The fourth-order valence-electron chi connectivity index (χ4n) is 2.91. The van der Waals surface area contributed by atoms with E-state index >= 15 is 0 Å². The van der Waals surface area contributed by atoms with Crippen LogP contribution in [-0.4, -0.2) is 20.4 Å². The van der Waals surface area contributed by atoms with E-state index in [1.807, 2.05) is 0 Å². The molecule has 3 aromatic carbocycles. The van der Waals surface area contributed by atoms with Crippen LogP contribution in [0.3, 0.4) is 0 Å². The molecule has 1 aliphatic rings. The number of amides is 1. The molecule has 2 N–H and O–H groups in total. The SMILES string of the molecule is O=C(Nc1cccc(S(=O)(=O)NC2CC2)c1)c1cccc(OCc2ccc(F)cc2)c1. The molecule has 1 fully saturated rings. The first-order valence-electron chi connectivity index (χ1n) is 9.80. The second-order valence-corrected chi connectivity index (χ2v) is 9.03. The molecule has 6 nitrogen and oxygen atoms in total. The number of carbonyl (C=O) groups is 1. The second kappa shape index (κ2) is 8.87. The average molecular weight is 440 g/mol. The molecule has 0 atom stereocenters. The molecule has 8 heteroatoms. The molecule has 4 rings (SSSR count). The highest BCUT2D eigenvalue weighted by Gasteiger charge is 2.28. The minimum atomic E-state index is -3.61. The summed E-state index contributed by atoms with van der Waals surface area (Å²) >= 11 is 0. The van der Waals surface area contributed by atoms with Crippen LogP contribution in [0.1, 0.15) is 28.8 Å². The molecule has 0 aliphatic heterocycles. The Morgan fingerprint density at radius 1 is 1.00 bits per heavy atom. The van der Waals surface area contributed by atoms with Gasteiger partial charge in [0.2, 0.25) is 10.0 Å². The number of halogens is 1. The van der Waals surface area contributed by atoms with Gasteiger partial charge in [0.1, 0.15) is 18.2 Å². The lowest BCUT2D eigenvalue weighted by molar-refractivity contribution is 0.102. The zero-order valence-electron chi connectivity index (χ0n) is 16.5. The summed E-state index contributed by atoms with van der Waals surface area (Å²) in [6, 6.07) is 18.7. The van der Waals surface area contributed by atoms with Crippen molar-refractivity contribution in [2.24, 2.45) is 0 Å². The molecule has 0 radical (unpaired) electrons. The third-order valence-electron chi connectivity index (χ3n) is 4.72. The van der Waals surface area contributed by atoms with Gasteiger partial charge in [0.05, 0.1) is 4.90 Å². The predicted octanol–water partition coefficient (Wildman–Crippen LogP) is 4.10. The molecule has 1 saturated carbocycles. The number of ether oxygens (including phenoxy) is 1. The highest BCUT2D eigenvalue weighted by molar-refractivity contribution is 7.89. The van der Waals surface area contributed by atoms with Crippen LogP contribution in [0, 0.1) is 5.82 Å². The smallest absolute Gasteiger partial charge is 0.255 e. The Kier molecular flexibility index (Phi) is 6.01. The number of anilines is 1. The lowest BCUT2D eigenvalue weighted by atomic mass is 10.2.